The molecule has 2 saturated carbocycles. The van der Waals surface area contributed by atoms with E-state index in [0.29, 0.717) is 121 Å². The predicted octanol–water partition coefficient (Wildman–Crippen LogP) is 3.12. The summed E-state index contributed by atoms with van der Waals surface area (Å²) in [7, 11) is 0. The maximum absolute atomic E-state index is 13.4. The number of hydrogen-bond acceptors (Lipinski definition) is 14. The van der Waals surface area contributed by atoms with Crippen molar-refractivity contribution in [2.45, 2.75) is 31.4 Å². The highest BCUT2D eigenvalue weighted by atomic mass is 19.4. The van der Waals surface area contributed by atoms with E-state index in [1.54, 1.807) is 24.3 Å². The molecule has 2 amide bonds. The minimum atomic E-state index is -4.77. The summed E-state index contributed by atoms with van der Waals surface area (Å²) in [6.45, 7) is 8.18. The number of piperazine rings is 1. The Balaban J connectivity index is 0.741. The highest BCUT2D eigenvalue weighted by molar-refractivity contribution is 5.95. The van der Waals surface area contributed by atoms with Crippen LogP contribution in [0.15, 0.2) is 60.9 Å². The Bertz CT molecular complexity index is 1820. The summed E-state index contributed by atoms with van der Waals surface area (Å²) in [5, 5.41) is 25.8. The van der Waals surface area contributed by atoms with E-state index in [4.69, 9.17) is 23.7 Å². The van der Waals surface area contributed by atoms with Crippen LogP contribution in [0.1, 0.15) is 23.2 Å². The molecule has 16 nitrogen and oxygen atoms in total. The first-order valence-corrected chi connectivity index (χ1v) is 20.6. The number of aromatic nitrogens is 2. The van der Waals surface area contributed by atoms with Gasteiger partial charge in [0.15, 0.2) is 0 Å². The zero-order chi connectivity index (χ0) is 43.0. The molecule has 1 aromatic heterocycles. The van der Waals surface area contributed by atoms with E-state index in [1.165, 1.54) is 30.6 Å². The molecule has 3 aromatic rings. The van der Waals surface area contributed by atoms with Crippen molar-refractivity contribution in [1.82, 2.24) is 25.1 Å². The molecule has 3 aliphatic rings. The summed E-state index contributed by atoms with van der Waals surface area (Å²) in [5.41, 5.74) is 2.34. The Morgan fingerprint density at radius 1 is 0.754 bits per heavy atom. The number of amides is 2. The molecule has 4 N–H and O–H groups in total. The topological polar surface area (TPSA) is 186 Å². The summed E-state index contributed by atoms with van der Waals surface area (Å²) < 4.78 is 69.2. The second kappa shape index (κ2) is 23.1. The van der Waals surface area contributed by atoms with Crippen LogP contribution < -0.4 is 15.4 Å². The number of fused-ring (bicyclic) bond motifs is 2. The highest BCUT2D eigenvalue weighted by Gasteiger charge is 2.53. The van der Waals surface area contributed by atoms with Crippen molar-refractivity contribution < 1.29 is 61.4 Å². The van der Waals surface area contributed by atoms with Crippen molar-refractivity contribution >= 4 is 23.3 Å². The van der Waals surface area contributed by atoms with Crippen molar-refractivity contribution in [1.29, 1.82) is 0 Å². The van der Waals surface area contributed by atoms with Gasteiger partial charge in [0.2, 0.25) is 5.91 Å². The number of aliphatic hydroxyl groups excluding tert-OH is 2. The van der Waals surface area contributed by atoms with Crippen LogP contribution in [-0.4, -0.2) is 166 Å². The van der Waals surface area contributed by atoms with E-state index in [1.807, 2.05) is 11.0 Å². The Kier molecular flexibility index (Phi) is 17.4. The SMILES string of the molecule is O=C(NCCOCCOCCOCCOCCOCCN1CCN(C(=O)c2cccc(-c3cc(Nc4ccc(OC(F)(F)F)cc4)ncn3)c2)CC1)C1CC2CC1C(O)C2O. The van der Waals surface area contributed by atoms with Crippen LogP contribution in [0.4, 0.5) is 24.7 Å². The van der Waals surface area contributed by atoms with Crippen molar-refractivity contribution in [3.05, 3.63) is 66.5 Å². The lowest BCUT2D eigenvalue weighted by atomic mass is 9.84. The number of ether oxygens (including phenoxy) is 6. The molecule has 6 rings (SSSR count). The van der Waals surface area contributed by atoms with Crippen molar-refractivity contribution in [3.8, 4) is 17.0 Å². The molecule has 1 aliphatic heterocycles. The van der Waals surface area contributed by atoms with Gasteiger partial charge in [0.1, 0.15) is 17.9 Å². The zero-order valence-electron chi connectivity index (χ0n) is 34.0. The van der Waals surface area contributed by atoms with Crippen LogP contribution in [0.25, 0.3) is 11.3 Å². The summed E-state index contributed by atoms with van der Waals surface area (Å²) in [5.74, 6) is -0.429. The number of carbonyl (C=O) groups is 2. The Hall–Kier alpha value is -4.47. The molecule has 5 atom stereocenters. The molecule has 0 spiro atoms. The van der Waals surface area contributed by atoms with E-state index >= 15 is 0 Å². The Morgan fingerprint density at radius 3 is 2.02 bits per heavy atom. The van der Waals surface area contributed by atoms with Gasteiger partial charge >= 0.3 is 6.36 Å². The van der Waals surface area contributed by atoms with Crippen molar-refractivity contribution in [2.24, 2.45) is 17.8 Å². The summed E-state index contributed by atoms with van der Waals surface area (Å²) in [4.78, 5) is 38.5. The molecular formula is C42H55F3N6O10. The lowest BCUT2D eigenvalue weighted by molar-refractivity contribution is -0.274. The Morgan fingerprint density at radius 2 is 1.39 bits per heavy atom. The number of hydrogen-bond donors (Lipinski definition) is 4. The van der Waals surface area contributed by atoms with E-state index in [2.05, 4.69) is 30.2 Å². The first-order chi connectivity index (χ1) is 29.5. The number of halogens is 3. The fraction of sp³-hybridized carbons (Fsp3) is 0.571. The predicted molar refractivity (Wildman–Crippen MR) is 215 cm³/mol. The van der Waals surface area contributed by atoms with Crippen molar-refractivity contribution in [3.63, 3.8) is 0 Å². The molecule has 0 radical (unpaired) electrons. The third kappa shape index (κ3) is 14.3. The molecule has 2 bridgehead atoms. The normalized spacial score (nSPS) is 21.5. The number of carbonyl (C=O) groups excluding carboxylic acids is 2. The van der Waals surface area contributed by atoms with Crippen LogP contribution in [0.2, 0.25) is 0 Å². The average Bonchev–Trinajstić information content (AvgIpc) is 3.82. The smallest absolute Gasteiger partial charge is 0.406 e. The van der Waals surface area contributed by atoms with Crippen LogP contribution >= 0.6 is 0 Å². The fourth-order valence-electron chi connectivity index (χ4n) is 7.79. The lowest BCUT2D eigenvalue weighted by Crippen LogP contribution is -2.49. The van der Waals surface area contributed by atoms with Gasteiger partial charge in [0, 0.05) is 68.1 Å². The number of benzene rings is 2. The van der Waals surface area contributed by atoms with E-state index in [0.717, 1.165) is 25.2 Å². The molecule has 2 heterocycles. The summed E-state index contributed by atoms with van der Waals surface area (Å²) >= 11 is 0. The van der Waals surface area contributed by atoms with Gasteiger partial charge in [-0.2, -0.15) is 0 Å². The largest absolute Gasteiger partial charge is 0.573 e. The van der Waals surface area contributed by atoms with Gasteiger partial charge in [-0.05, 0) is 61.1 Å². The molecular weight excluding hydrogens is 805 g/mol. The minimum Gasteiger partial charge on any atom is -0.406 e. The number of rotatable bonds is 24. The van der Waals surface area contributed by atoms with Gasteiger partial charge in [0.05, 0.1) is 84.0 Å². The standard InChI is InChI=1S/C42H55F3N6O10/c43-42(44,45)61-33-6-4-32(5-7-33)49-37-27-36(47-28-48-37)29-2-1-3-30(24-29)41(55)51-11-9-50(10-12-51)13-15-57-17-19-59-21-23-60-22-20-58-18-16-56-14-8-46-40(54)35-26-31-25-34(35)39(53)38(31)52/h1-7,24,27-28,31,34-35,38-39,52-53H,8-23,25-26H2,(H,46,54)(H,47,48,49). The van der Waals surface area contributed by atoms with Gasteiger partial charge in [-0.25, -0.2) is 9.97 Å². The monoisotopic (exact) mass is 860 g/mol. The first kappa shape index (κ1) is 46.0. The number of alkyl halides is 3. The third-order valence-corrected chi connectivity index (χ3v) is 10.9. The summed E-state index contributed by atoms with van der Waals surface area (Å²) in [6.07, 6.45) is -3.57. The Labute approximate surface area is 352 Å². The highest BCUT2D eigenvalue weighted by Crippen LogP contribution is 2.48. The minimum absolute atomic E-state index is 0.0163. The van der Waals surface area contributed by atoms with Crippen LogP contribution in [0.3, 0.4) is 0 Å². The van der Waals surface area contributed by atoms with Gasteiger partial charge in [0.25, 0.3) is 5.91 Å². The maximum Gasteiger partial charge on any atom is 0.573 e. The molecule has 2 aromatic carbocycles. The molecule has 19 heteroatoms. The number of aliphatic hydroxyl groups is 2. The fourth-order valence-corrected chi connectivity index (χ4v) is 7.79. The molecule has 5 unspecified atom stereocenters. The van der Waals surface area contributed by atoms with Gasteiger partial charge in [-0.15, -0.1) is 13.2 Å². The number of anilines is 2. The molecule has 61 heavy (non-hydrogen) atoms. The molecule has 334 valence electrons. The van der Waals surface area contributed by atoms with Crippen LogP contribution in [-0.2, 0) is 28.5 Å². The lowest BCUT2D eigenvalue weighted by Gasteiger charge is -2.34. The second-order valence-electron chi connectivity index (χ2n) is 15.0. The number of nitrogens with one attached hydrogen (secondary N) is 2. The van der Waals surface area contributed by atoms with Gasteiger partial charge in [-0.3, -0.25) is 14.5 Å². The first-order valence-electron chi connectivity index (χ1n) is 20.6. The number of nitrogens with zero attached hydrogens (tertiary/aromatic N) is 4. The van der Waals surface area contributed by atoms with Gasteiger partial charge < -0.3 is 54.2 Å². The molecule has 3 fully saturated rings. The summed E-state index contributed by atoms with van der Waals surface area (Å²) in [6, 6.07) is 14.2. The zero-order valence-corrected chi connectivity index (χ0v) is 34.0. The third-order valence-electron chi connectivity index (χ3n) is 10.9. The van der Waals surface area contributed by atoms with E-state index in [-0.39, 0.29) is 35.3 Å². The second-order valence-corrected chi connectivity index (χ2v) is 15.0. The van der Waals surface area contributed by atoms with Crippen molar-refractivity contribution in [2.75, 3.05) is 111 Å². The van der Waals surface area contributed by atoms with Crippen LogP contribution in [0, 0.1) is 17.8 Å². The molecule has 2 aliphatic carbocycles. The van der Waals surface area contributed by atoms with E-state index in [9.17, 15) is 33.0 Å². The van der Waals surface area contributed by atoms with E-state index < -0.39 is 18.6 Å². The quantitative estimate of drug-likeness (QED) is 0.0964. The average molecular weight is 861 g/mol. The molecule has 1 saturated heterocycles. The van der Waals surface area contributed by atoms with Gasteiger partial charge in [-0.1, -0.05) is 12.1 Å². The maximum atomic E-state index is 13.4. The van der Waals surface area contributed by atoms with Crippen LogP contribution in [0.5, 0.6) is 5.75 Å².